The average Bonchev–Trinajstić information content (AvgIpc) is 2.96. The lowest BCUT2D eigenvalue weighted by atomic mass is 9.63. The second-order valence-electron chi connectivity index (χ2n) is 9.76. The average molecular weight is 356 g/mol. The molecule has 1 heterocycles. The largest absolute Gasteiger partial charge is 0.350 e. The number of amides is 1. The van der Waals surface area contributed by atoms with Crippen LogP contribution < -0.4 is 10.6 Å². The highest BCUT2D eigenvalue weighted by Crippen LogP contribution is 2.76. The molecule has 6 atom stereocenters. The van der Waals surface area contributed by atoms with Crippen molar-refractivity contribution in [3.63, 3.8) is 0 Å². The minimum absolute atomic E-state index is 0.0608. The predicted octanol–water partition coefficient (Wildman–Crippen LogP) is 3.34. The third-order valence-corrected chi connectivity index (χ3v) is 7.91. The molecule has 4 aliphatic carbocycles. The summed E-state index contributed by atoms with van der Waals surface area (Å²) in [5.41, 5.74) is 1.16. The number of alkyl halides is 1. The summed E-state index contributed by atoms with van der Waals surface area (Å²) in [6.45, 7) is 3.50. The van der Waals surface area contributed by atoms with Gasteiger partial charge >= 0.3 is 0 Å². The Morgan fingerprint density at radius 1 is 1.19 bits per heavy atom. The Bertz CT molecular complexity index is 724. The fourth-order valence-electron chi connectivity index (χ4n) is 7.37. The maximum Gasteiger partial charge on any atom is 0.227 e. The molecule has 3 nitrogen and oxygen atoms in total. The second-order valence-corrected chi connectivity index (χ2v) is 9.76. The zero-order valence-electron chi connectivity index (χ0n) is 15.6. The summed E-state index contributed by atoms with van der Waals surface area (Å²) >= 11 is 0. The number of piperidine rings is 1. The van der Waals surface area contributed by atoms with Crippen LogP contribution in [0.3, 0.4) is 0 Å². The number of nitrogens with one attached hydrogen (secondary N) is 2. The number of halogens is 1. The van der Waals surface area contributed by atoms with Crippen LogP contribution in [0.5, 0.6) is 0 Å². The summed E-state index contributed by atoms with van der Waals surface area (Å²) in [6, 6.07) is 10.3. The summed E-state index contributed by atoms with van der Waals surface area (Å²) in [5, 5.41) is 6.25. The minimum Gasteiger partial charge on any atom is -0.350 e. The van der Waals surface area contributed by atoms with Gasteiger partial charge in [-0.15, -0.1) is 0 Å². The maximum atomic E-state index is 14.3. The van der Waals surface area contributed by atoms with Crippen molar-refractivity contribution in [2.45, 2.75) is 63.1 Å². The molecule has 4 saturated carbocycles. The van der Waals surface area contributed by atoms with Crippen molar-refractivity contribution in [3.05, 3.63) is 35.9 Å². The van der Waals surface area contributed by atoms with Crippen molar-refractivity contribution in [3.8, 4) is 0 Å². The number of hydrogen-bond donors (Lipinski definition) is 2. The van der Waals surface area contributed by atoms with E-state index in [2.05, 4.69) is 47.9 Å². The monoisotopic (exact) mass is 356 g/mol. The molecule has 1 aliphatic heterocycles. The van der Waals surface area contributed by atoms with Crippen LogP contribution in [0.1, 0.15) is 51.0 Å². The van der Waals surface area contributed by atoms with Gasteiger partial charge in [-0.05, 0) is 62.0 Å². The molecule has 1 aromatic carbocycles. The van der Waals surface area contributed by atoms with Gasteiger partial charge in [-0.2, -0.15) is 0 Å². The first-order chi connectivity index (χ1) is 12.5. The van der Waals surface area contributed by atoms with E-state index in [4.69, 9.17) is 0 Å². The molecule has 0 aromatic heterocycles. The summed E-state index contributed by atoms with van der Waals surface area (Å²) < 4.78 is 14.3. The van der Waals surface area contributed by atoms with Crippen LogP contribution in [0.15, 0.2) is 30.3 Å². The normalized spacial score (nSPS) is 46.5. The molecule has 0 radical (unpaired) electrons. The molecule has 1 saturated heterocycles. The van der Waals surface area contributed by atoms with Crippen LogP contribution in [0.2, 0.25) is 0 Å². The highest BCUT2D eigenvalue weighted by molar-refractivity contribution is 5.87. The fraction of sp³-hybridized carbons (Fsp3) is 0.682. The number of carbonyl (C=O) groups is 1. The van der Waals surface area contributed by atoms with Crippen molar-refractivity contribution < 1.29 is 9.18 Å². The zero-order chi connectivity index (χ0) is 18.0. The highest BCUT2D eigenvalue weighted by atomic mass is 19.1. The SMILES string of the molecule is C[C@@]12CC3CC(C(=O)N[C@@H]4CCNC[C@H]4F)(C1)[C@](c1ccccc1)(C3)C2. The van der Waals surface area contributed by atoms with Gasteiger partial charge in [-0.25, -0.2) is 4.39 Å². The van der Waals surface area contributed by atoms with E-state index in [0.29, 0.717) is 18.9 Å². The number of carbonyl (C=O) groups excluding carboxylic acids is 1. The van der Waals surface area contributed by atoms with Gasteiger partial charge in [0.2, 0.25) is 5.91 Å². The molecule has 4 heteroatoms. The van der Waals surface area contributed by atoms with Gasteiger partial charge in [0.15, 0.2) is 0 Å². The van der Waals surface area contributed by atoms with Gasteiger partial charge in [0, 0.05) is 12.0 Å². The van der Waals surface area contributed by atoms with E-state index in [1.807, 2.05) is 0 Å². The van der Waals surface area contributed by atoms with Crippen molar-refractivity contribution in [2.75, 3.05) is 13.1 Å². The Hall–Kier alpha value is -1.42. The summed E-state index contributed by atoms with van der Waals surface area (Å²) in [5.74, 6) is 0.754. The smallest absolute Gasteiger partial charge is 0.227 e. The van der Waals surface area contributed by atoms with Gasteiger partial charge in [-0.3, -0.25) is 4.79 Å². The molecular weight excluding hydrogens is 327 g/mol. The first-order valence-corrected chi connectivity index (χ1v) is 10.2. The molecule has 1 aromatic rings. The summed E-state index contributed by atoms with van der Waals surface area (Å²) in [6.07, 6.45) is 5.09. The molecule has 2 N–H and O–H groups in total. The fourth-order valence-corrected chi connectivity index (χ4v) is 7.37. The lowest BCUT2D eigenvalue weighted by Crippen LogP contribution is -2.56. The van der Waals surface area contributed by atoms with Crippen LogP contribution in [0.4, 0.5) is 4.39 Å². The second kappa shape index (κ2) is 5.54. The Morgan fingerprint density at radius 3 is 2.73 bits per heavy atom. The Morgan fingerprint density at radius 2 is 2.00 bits per heavy atom. The number of rotatable bonds is 3. The first kappa shape index (κ1) is 16.7. The maximum absolute atomic E-state index is 14.3. The summed E-state index contributed by atoms with van der Waals surface area (Å²) in [7, 11) is 0. The highest BCUT2D eigenvalue weighted by Gasteiger charge is 2.73. The predicted molar refractivity (Wildman–Crippen MR) is 99.5 cm³/mol. The van der Waals surface area contributed by atoms with Crippen molar-refractivity contribution in [1.29, 1.82) is 0 Å². The Kier molecular flexibility index (Phi) is 3.57. The molecule has 5 aliphatic rings. The van der Waals surface area contributed by atoms with Gasteiger partial charge in [-0.1, -0.05) is 37.3 Å². The Balaban J connectivity index is 1.52. The van der Waals surface area contributed by atoms with Gasteiger partial charge in [0.05, 0.1) is 11.5 Å². The molecule has 0 spiro atoms. The van der Waals surface area contributed by atoms with E-state index in [0.717, 1.165) is 32.2 Å². The first-order valence-electron chi connectivity index (χ1n) is 10.2. The standard InChI is InChI=1S/C22H29FN2O/c1-20-9-15-10-21(13-20,16-5-3-2-4-6-16)22(11-15,14-20)19(26)25-18-7-8-24-12-17(18)23/h2-6,15,17-18,24H,7-14H2,1H3,(H,25,26)/t15?,17-,18-,20+,21-,22?/m1/s1. The molecule has 1 amide bonds. The molecular formula is C22H29FN2O. The topological polar surface area (TPSA) is 41.1 Å². The third-order valence-electron chi connectivity index (χ3n) is 7.91. The van der Waals surface area contributed by atoms with Crippen molar-refractivity contribution in [1.82, 2.24) is 10.6 Å². The number of hydrogen-bond acceptors (Lipinski definition) is 2. The Labute approximate surface area is 155 Å². The van der Waals surface area contributed by atoms with Crippen LogP contribution >= 0.6 is 0 Å². The van der Waals surface area contributed by atoms with Crippen LogP contribution in [-0.2, 0) is 10.2 Å². The van der Waals surface area contributed by atoms with E-state index in [1.165, 1.54) is 12.0 Å². The van der Waals surface area contributed by atoms with Gasteiger partial charge in [0.1, 0.15) is 6.17 Å². The molecule has 6 rings (SSSR count). The zero-order valence-corrected chi connectivity index (χ0v) is 15.6. The van der Waals surface area contributed by atoms with Crippen molar-refractivity contribution >= 4 is 5.91 Å². The van der Waals surface area contributed by atoms with Crippen molar-refractivity contribution in [2.24, 2.45) is 16.7 Å². The van der Waals surface area contributed by atoms with E-state index in [9.17, 15) is 9.18 Å². The molecule has 4 bridgehead atoms. The lowest BCUT2D eigenvalue weighted by molar-refractivity contribution is -0.135. The quantitative estimate of drug-likeness (QED) is 0.872. The number of benzene rings is 1. The van der Waals surface area contributed by atoms with Crippen LogP contribution in [-0.4, -0.2) is 31.2 Å². The van der Waals surface area contributed by atoms with E-state index >= 15 is 0 Å². The van der Waals surface area contributed by atoms with Crippen LogP contribution in [0.25, 0.3) is 0 Å². The van der Waals surface area contributed by atoms with E-state index in [-0.39, 0.29) is 28.2 Å². The summed E-state index contributed by atoms with van der Waals surface area (Å²) in [4.78, 5) is 13.7. The van der Waals surface area contributed by atoms with Gasteiger partial charge in [0.25, 0.3) is 0 Å². The molecule has 5 fully saturated rings. The lowest BCUT2D eigenvalue weighted by Gasteiger charge is -2.41. The minimum atomic E-state index is -0.983. The third kappa shape index (κ3) is 2.17. The van der Waals surface area contributed by atoms with E-state index in [1.54, 1.807) is 0 Å². The molecule has 2 unspecified atom stereocenters. The van der Waals surface area contributed by atoms with E-state index < -0.39 is 6.17 Å². The molecule has 140 valence electrons. The molecule has 26 heavy (non-hydrogen) atoms. The van der Waals surface area contributed by atoms with Gasteiger partial charge < -0.3 is 10.6 Å². The van der Waals surface area contributed by atoms with Crippen LogP contribution in [0, 0.1) is 16.7 Å².